The molecule has 0 radical (unpaired) electrons. The van der Waals surface area contributed by atoms with Gasteiger partial charge in [-0.2, -0.15) is 0 Å². The highest BCUT2D eigenvalue weighted by Crippen LogP contribution is 2.21. The standard InChI is InChI=1S/C12H16N2O2/c1-9(15)14-4-3-12-10(7-14)5-13-6-11(12)8-16-2/h5-6H,3-4,7-8H2,1-2H3. The molecule has 4 nitrogen and oxygen atoms in total. The van der Waals surface area contributed by atoms with E-state index in [0.717, 1.165) is 24.1 Å². The van der Waals surface area contributed by atoms with E-state index in [1.165, 1.54) is 5.56 Å². The molecule has 16 heavy (non-hydrogen) atoms. The van der Waals surface area contributed by atoms with Crippen molar-refractivity contribution < 1.29 is 9.53 Å². The van der Waals surface area contributed by atoms with Gasteiger partial charge in [-0.15, -0.1) is 0 Å². The first-order chi connectivity index (χ1) is 7.72. The maximum atomic E-state index is 11.3. The molecule has 0 N–H and O–H groups in total. The second-order valence-electron chi connectivity index (χ2n) is 4.06. The van der Waals surface area contributed by atoms with Gasteiger partial charge < -0.3 is 9.64 Å². The van der Waals surface area contributed by atoms with Crippen molar-refractivity contribution in [3.63, 3.8) is 0 Å². The minimum atomic E-state index is 0.128. The molecular weight excluding hydrogens is 204 g/mol. The average molecular weight is 220 g/mol. The van der Waals surface area contributed by atoms with E-state index in [4.69, 9.17) is 4.74 Å². The third-order valence-electron chi connectivity index (χ3n) is 2.97. The number of rotatable bonds is 2. The fraction of sp³-hybridized carbons (Fsp3) is 0.500. The number of hydrogen-bond donors (Lipinski definition) is 0. The fourth-order valence-electron chi connectivity index (χ4n) is 2.12. The van der Waals surface area contributed by atoms with E-state index in [-0.39, 0.29) is 5.91 Å². The monoisotopic (exact) mass is 220 g/mol. The lowest BCUT2D eigenvalue weighted by Crippen LogP contribution is -2.34. The number of ether oxygens (including phenoxy) is 1. The van der Waals surface area contributed by atoms with E-state index >= 15 is 0 Å². The summed E-state index contributed by atoms with van der Waals surface area (Å²) >= 11 is 0. The molecule has 4 heteroatoms. The van der Waals surface area contributed by atoms with Crippen molar-refractivity contribution >= 4 is 5.91 Å². The number of fused-ring (bicyclic) bond motifs is 1. The Hall–Kier alpha value is -1.42. The van der Waals surface area contributed by atoms with E-state index in [1.807, 2.05) is 17.3 Å². The van der Waals surface area contributed by atoms with Crippen LogP contribution in [0.5, 0.6) is 0 Å². The summed E-state index contributed by atoms with van der Waals surface area (Å²) in [5.41, 5.74) is 3.59. The summed E-state index contributed by atoms with van der Waals surface area (Å²) in [6, 6.07) is 0. The third kappa shape index (κ3) is 2.07. The molecule has 0 unspecified atom stereocenters. The smallest absolute Gasteiger partial charge is 0.219 e. The van der Waals surface area contributed by atoms with Gasteiger partial charge in [0.1, 0.15) is 0 Å². The molecule has 0 saturated heterocycles. The zero-order valence-corrected chi connectivity index (χ0v) is 9.69. The molecule has 1 aliphatic heterocycles. The Bertz CT molecular complexity index is 404. The first-order valence-corrected chi connectivity index (χ1v) is 5.41. The minimum absolute atomic E-state index is 0.128. The Kier molecular flexibility index (Phi) is 3.19. The van der Waals surface area contributed by atoms with Crippen LogP contribution in [0.4, 0.5) is 0 Å². The lowest BCUT2D eigenvalue weighted by atomic mass is 9.97. The van der Waals surface area contributed by atoms with Crippen molar-refractivity contribution in [3.8, 4) is 0 Å². The van der Waals surface area contributed by atoms with Gasteiger partial charge >= 0.3 is 0 Å². The van der Waals surface area contributed by atoms with Crippen LogP contribution in [0.1, 0.15) is 23.6 Å². The molecule has 0 bridgehead atoms. The molecule has 0 aromatic carbocycles. The predicted molar refractivity (Wildman–Crippen MR) is 59.7 cm³/mol. The van der Waals surface area contributed by atoms with E-state index in [9.17, 15) is 4.79 Å². The molecule has 0 atom stereocenters. The lowest BCUT2D eigenvalue weighted by Gasteiger charge is -2.28. The number of pyridine rings is 1. The van der Waals surface area contributed by atoms with Crippen molar-refractivity contribution in [3.05, 3.63) is 29.1 Å². The van der Waals surface area contributed by atoms with Gasteiger partial charge in [0, 0.05) is 39.5 Å². The lowest BCUT2D eigenvalue weighted by molar-refractivity contribution is -0.129. The molecule has 0 aliphatic carbocycles. The molecule has 0 saturated carbocycles. The van der Waals surface area contributed by atoms with Crippen molar-refractivity contribution in [1.82, 2.24) is 9.88 Å². The third-order valence-corrected chi connectivity index (χ3v) is 2.97. The van der Waals surface area contributed by atoms with Crippen LogP contribution in [-0.4, -0.2) is 29.4 Å². The predicted octanol–water partition coefficient (Wildman–Crippen LogP) is 1.13. The second-order valence-corrected chi connectivity index (χ2v) is 4.06. The highest BCUT2D eigenvalue weighted by Gasteiger charge is 2.20. The van der Waals surface area contributed by atoms with Gasteiger partial charge in [0.2, 0.25) is 5.91 Å². The number of hydrogen-bond acceptors (Lipinski definition) is 3. The van der Waals surface area contributed by atoms with Gasteiger partial charge in [-0.1, -0.05) is 0 Å². The van der Waals surface area contributed by atoms with E-state index in [1.54, 1.807) is 14.0 Å². The quantitative estimate of drug-likeness (QED) is 0.750. The number of carbonyl (C=O) groups excluding carboxylic acids is 1. The molecule has 1 aromatic rings. The molecule has 1 aromatic heterocycles. The van der Waals surface area contributed by atoms with Crippen molar-refractivity contribution in [2.45, 2.75) is 26.5 Å². The summed E-state index contributed by atoms with van der Waals surface area (Å²) in [5, 5.41) is 0. The van der Waals surface area contributed by atoms with Gasteiger partial charge in [-0.05, 0) is 23.1 Å². The second kappa shape index (κ2) is 4.61. The first kappa shape index (κ1) is 11.1. The number of carbonyl (C=O) groups is 1. The number of aromatic nitrogens is 1. The highest BCUT2D eigenvalue weighted by molar-refractivity contribution is 5.73. The summed E-state index contributed by atoms with van der Waals surface area (Å²) < 4.78 is 5.15. The van der Waals surface area contributed by atoms with Crippen LogP contribution in [0, 0.1) is 0 Å². The maximum Gasteiger partial charge on any atom is 0.219 e. The molecule has 2 rings (SSSR count). The Morgan fingerprint density at radius 2 is 2.38 bits per heavy atom. The Labute approximate surface area is 95.2 Å². The SMILES string of the molecule is COCc1cncc2c1CCN(C(C)=O)C2. The molecule has 2 heterocycles. The van der Waals surface area contributed by atoms with E-state index in [2.05, 4.69) is 4.98 Å². The zero-order valence-electron chi connectivity index (χ0n) is 9.69. The maximum absolute atomic E-state index is 11.3. The van der Waals surface area contributed by atoms with Crippen LogP contribution >= 0.6 is 0 Å². The Morgan fingerprint density at radius 1 is 1.56 bits per heavy atom. The fourth-order valence-corrected chi connectivity index (χ4v) is 2.12. The van der Waals surface area contributed by atoms with Gasteiger partial charge in [-0.3, -0.25) is 9.78 Å². The molecule has 1 amide bonds. The van der Waals surface area contributed by atoms with Crippen molar-refractivity contribution in [1.29, 1.82) is 0 Å². The normalized spacial score (nSPS) is 14.8. The summed E-state index contributed by atoms with van der Waals surface area (Å²) in [6.07, 6.45) is 4.60. The largest absolute Gasteiger partial charge is 0.380 e. The van der Waals surface area contributed by atoms with E-state index in [0.29, 0.717) is 13.2 Å². The van der Waals surface area contributed by atoms with Gasteiger partial charge in [0.25, 0.3) is 0 Å². The van der Waals surface area contributed by atoms with Crippen molar-refractivity contribution in [2.24, 2.45) is 0 Å². The molecule has 1 aliphatic rings. The summed E-state index contributed by atoms with van der Waals surface area (Å²) in [4.78, 5) is 17.3. The van der Waals surface area contributed by atoms with Crippen molar-refractivity contribution in [2.75, 3.05) is 13.7 Å². The Balaban J connectivity index is 2.26. The van der Waals surface area contributed by atoms with E-state index < -0.39 is 0 Å². The van der Waals surface area contributed by atoms with Crippen LogP contribution in [0.25, 0.3) is 0 Å². The van der Waals surface area contributed by atoms with Gasteiger partial charge in [-0.25, -0.2) is 0 Å². The Morgan fingerprint density at radius 3 is 3.06 bits per heavy atom. The molecule has 0 spiro atoms. The van der Waals surface area contributed by atoms with Gasteiger partial charge in [0.05, 0.1) is 6.61 Å². The van der Waals surface area contributed by atoms with Crippen LogP contribution in [0.15, 0.2) is 12.4 Å². The number of methoxy groups -OCH3 is 1. The van der Waals surface area contributed by atoms with Gasteiger partial charge in [0.15, 0.2) is 0 Å². The highest BCUT2D eigenvalue weighted by atomic mass is 16.5. The molecule has 0 fully saturated rings. The average Bonchev–Trinajstić information content (AvgIpc) is 2.29. The number of amides is 1. The first-order valence-electron chi connectivity index (χ1n) is 5.41. The minimum Gasteiger partial charge on any atom is -0.380 e. The van der Waals surface area contributed by atoms with Crippen LogP contribution in [-0.2, 0) is 29.1 Å². The van der Waals surface area contributed by atoms with Crippen LogP contribution < -0.4 is 0 Å². The molecule has 86 valence electrons. The zero-order chi connectivity index (χ0) is 11.5. The molecular formula is C12H16N2O2. The summed E-state index contributed by atoms with van der Waals surface area (Å²) in [6.45, 7) is 3.67. The number of nitrogens with zero attached hydrogens (tertiary/aromatic N) is 2. The summed E-state index contributed by atoms with van der Waals surface area (Å²) in [5.74, 6) is 0.128. The van der Waals surface area contributed by atoms with Crippen LogP contribution in [0.3, 0.4) is 0 Å². The van der Waals surface area contributed by atoms with Crippen LogP contribution in [0.2, 0.25) is 0 Å². The summed E-state index contributed by atoms with van der Waals surface area (Å²) in [7, 11) is 1.68. The topological polar surface area (TPSA) is 42.4 Å².